The average molecular weight is 252 g/mol. The Bertz CT molecular complexity index is 352. The molecule has 6 atom stereocenters. The lowest BCUT2D eigenvalue weighted by atomic mass is 9.58. The number of rotatable bonds is 2. The standard InChI is InChI=1S/C15H24O3/c1-9(2)11-4-5-15(7-11)10(3)14(18)13(17)6-12(15)8-16/h8,10-14,17-18H,1,4-7H2,2-3H3/t10-,11-,12-,13-,14-,15+/m0/s1. The Morgan fingerprint density at radius 2 is 2.11 bits per heavy atom. The van der Waals surface area contributed by atoms with Crippen molar-refractivity contribution in [2.24, 2.45) is 23.2 Å². The van der Waals surface area contributed by atoms with Gasteiger partial charge in [0.2, 0.25) is 0 Å². The van der Waals surface area contributed by atoms with Crippen molar-refractivity contribution in [3.8, 4) is 0 Å². The van der Waals surface area contributed by atoms with Crippen LogP contribution in [0.25, 0.3) is 0 Å². The molecule has 0 radical (unpaired) electrons. The molecule has 0 saturated heterocycles. The van der Waals surface area contributed by atoms with Crippen molar-refractivity contribution < 1.29 is 15.0 Å². The SMILES string of the molecule is C=C(C)[C@H]1CC[C@]2(C1)[C@H](C=O)C[C@H](O)[C@@H](O)[C@@H]2C. The molecule has 0 aliphatic heterocycles. The second-order valence-electron chi connectivity index (χ2n) is 6.34. The Morgan fingerprint density at radius 1 is 1.44 bits per heavy atom. The molecular weight excluding hydrogens is 228 g/mol. The molecule has 102 valence electrons. The van der Waals surface area contributed by atoms with Gasteiger partial charge in [-0.2, -0.15) is 0 Å². The zero-order valence-corrected chi connectivity index (χ0v) is 11.3. The van der Waals surface area contributed by atoms with Crippen molar-refractivity contribution in [1.29, 1.82) is 0 Å². The van der Waals surface area contributed by atoms with E-state index in [-0.39, 0.29) is 17.3 Å². The van der Waals surface area contributed by atoms with Crippen LogP contribution >= 0.6 is 0 Å². The first-order valence-corrected chi connectivity index (χ1v) is 6.89. The number of carbonyl (C=O) groups is 1. The van der Waals surface area contributed by atoms with Crippen LogP contribution in [0.5, 0.6) is 0 Å². The highest BCUT2D eigenvalue weighted by molar-refractivity contribution is 5.56. The normalized spacial score (nSPS) is 48.3. The minimum atomic E-state index is -0.760. The minimum Gasteiger partial charge on any atom is -0.390 e. The van der Waals surface area contributed by atoms with Gasteiger partial charge in [-0.1, -0.05) is 19.1 Å². The van der Waals surface area contributed by atoms with Crippen LogP contribution in [0, 0.1) is 23.2 Å². The van der Waals surface area contributed by atoms with Gasteiger partial charge in [0.15, 0.2) is 0 Å². The monoisotopic (exact) mass is 252 g/mol. The average Bonchev–Trinajstić information content (AvgIpc) is 2.78. The number of allylic oxidation sites excluding steroid dienone is 1. The van der Waals surface area contributed by atoms with Gasteiger partial charge in [-0.15, -0.1) is 0 Å². The van der Waals surface area contributed by atoms with E-state index in [0.717, 1.165) is 25.5 Å². The lowest BCUT2D eigenvalue weighted by molar-refractivity contribution is -0.142. The second kappa shape index (κ2) is 4.78. The zero-order chi connectivity index (χ0) is 13.5. The molecule has 18 heavy (non-hydrogen) atoms. The topological polar surface area (TPSA) is 57.5 Å². The van der Waals surface area contributed by atoms with Crippen molar-refractivity contribution in [1.82, 2.24) is 0 Å². The molecule has 0 aromatic rings. The molecule has 2 rings (SSSR count). The number of aliphatic hydroxyl groups is 2. The van der Waals surface area contributed by atoms with E-state index in [1.807, 2.05) is 13.8 Å². The molecule has 1 spiro atoms. The fraction of sp³-hybridized carbons (Fsp3) is 0.800. The Labute approximate surface area is 109 Å². The number of hydrogen-bond donors (Lipinski definition) is 2. The van der Waals surface area contributed by atoms with Gasteiger partial charge in [0.25, 0.3) is 0 Å². The highest BCUT2D eigenvalue weighted by Crippen LogP contribution is 2.57. The van der Waals surface area contributed by atoms with Crippen molar-refractivity contribution in [3.63, 3.8) is 0 Å². The van der Waals surface area contributed by atoms with E-state index in [9.17, 15) is 15.0 Å². The maximum atomic E-state index is 11.4. The molecule has 2 aliphatic rings. The van der Waals surface area contributed by atoms with Gasteiger partial charge in [-0.25, -0.2) is 0 Å². The Morgan fingerprint density at radius 3 is 2.61 bits per heavy atom. The minimum absolute atomic E-state index is 0.0270. The summed E-state index contributed by atoms with van der Waals surface area (Å²) in [6.45, 7) is 8.04. The summed E-state index contributed by atoms with van der Waals surface area (Å²) < 4.78 is 0. The largest absolute Gasteiger partial charge is 0.390 e. The van der Waals surface area contributed by atoms with Crippen molar-refractivity contribution in [3.05, 3.63) is 12.2 Å². The molecule has 0 heterocycles. The van der Waals surface area contributed by atoms with E-state index in [1.165, 1.54) is 5.57 Å². The summed E-state index contributed by atoms with van der Waals surface area (Å²) in [5.74, 6) is 0.299. The molecule has 0 aromatic carbocycles. The molecule has 0 aromatic heterocycles. The van der Waals surface area contributed by atoms with Gasteiger partial charge in [-0.3, -0.25) is 0 Å². The molecule has 3 nitrogen and oxygen atoms in total. The first-order valence-electron chi connectivity index (χ1n) is 6.89. The molecule has 2 saturated carbocycles. The summed E-state index contributed by atoms with van der Waals surface area (Å²) >= 11 is 0. The molecule has 0 bridgehead atoms. The third-order valence-electron chi connectivity index (χ3n) is 5.49. The van der Waals surface area contributed by atoms with E-state index < -0.39 is 12.2 Å². The van der Waals surface area contributed by atoms with Gasteiger partial charge in [0.1, 0.15) is 6.29 Å². The van der Waals surface area contributed by atoms with Gasteiger partial charge in [-0.05, 0) is 49.9 Å². The first-order chi connectivity index (χ1) is 8.42. The summed E-state index contributed by atoms with van der Waals surface area (Å²) in [6, 6.07) is 0. The van der Waals surface area contributed by atoms with Crippen LogP contribution in [0.15, 0.2) is 12.2 Å². The van der Waals surface area contributed by atoms with Gasteiger partial charge in [0, 0.05) is 5.92 Å². The highest BCUT2D eigenvalue weighted by atomic mass is 16.3. The van der Waals surface area contributed by atoms with Crippen LogP contribution in [-0.4, -0.2) is 28.7 Å². The molecule has 2 fully saturated rings. The summed E-state index contributed by atoms with van der Waals surface area (Å²) in [4.78, 5) is 11.4. The third kappa shape index (κ3) is 1.94. The summed E-state index contributed by atoms with van der Waals surface area (Å²) in [5.41, 5.74) is 1.04. The highest BCUT2D eigenvalue weighted by Gasteiger charge is 2.55. The van der Waals surface area contributed by atoms with Gasteiger partial charge in [0.05, 0.1) is 12.2 Å². The Hall–Kier alpha value is -0.670. The van der Waals surface area contributed by atoms with Gasteiger partial charge < -0.3 is 15.0 Å². The second-order valence-corrected chi connectivity index (χ2v) is 6.34. The maximum absolute atomic E-state index is 11.4. The molecule has 0 amide bonds. The summed E-state index contributed by atoms with van der Waals surface area (Å²) in [6.07, 6.45) is 2.86. The lowest BCUT2D eigenvalue weighted by Crippen LogP contribution is -2.52. The summed E-state index contributed by atoms with van der Waals surface area (Å²) in [7, 11) is 0. The predicted molar refractivity (Wildman–Crippen MR) is 69.9 cm³/mol. The fourth-order valence-electron chi connectivity index (χ4n) is 4.11. The van der Waals surface area contributed by atoms with Crippen LogP contribution in [0.4, 0.5) is 0 Å². The van der Waals surface area contributed by atoms with Crippen molar-refractivity contribution in [2.45, 2.75) is 51.7 Å². The number of aliphatic hydroxyl groups excluding tert-OH is 2. The first kappa shape index (κ1) is 13.8. The smallest absolute Gasteiger partial charge is 0.123 e. The van der Waals surface area contributed by atoms with Crippen molar-refractivity contribution >= 4 is 6.29 Å². The maximum Gasteiger partial charge on any atom is 0.123 e. The molecule has 0 unspecified atom stereocenters. The molecule has 3 heteroatoms. The van der Waals surface area contributed by atoms with Crippen LogP contribution in [0.1, 0.15) is 39.5 Å². The van der Waals surface area contributed by atoms with E-state index in [1.54, 1.807) is 0 Å². The number of hydrogen-bond acceptors (Lipinski definition) is 3. The Kier molecular flexibility index (Phi) is 3.65. The molecule has 2 aliphatic carbocycles. The van der Waals surface area contributed by atoms with Crippen LogP contribution < -0.4 is 0 Å². The number of aldehydes is 1. The van der Waals surface area contributed by atoms with Gasteiger partial charge >= 0.3 is 0 Å². The van der Waals surface area contributed by atoms with E-state index in [4.69, 9.17) is 0 Å². The van der Waals surface area contributed by atoms with E-state index >= 15 is 0 Å². The summed E-state index contributed by atoms with van der Waals surface area (Å²) in [5, 5.41) is 20.0. The van der Waals surface area contributed by atoms with E-state index in [2.05, 4.69) is 6.58 Å². The van der Waals surface area contributed by atoms with Crippen LogP contribution in [0.2, 0.25) is 0 Å². The van der Waals surface area contributed by atoms with Crippen molar-refractivity contribution in [2.75, 3.05) is 0 Å². The molecular formula is C15H24O3. The number of carbonyl (C=O) groups excluding carboxylic acids is 1. The quantitative estimate of drug-likeness (QED) is 0.583. The lowest BCUT2D eigenvalue weighted by Gasteiger charge is -2.48. The zero-order valence-electron chi connectivity index (χ0n) is 11.3. The molecule has 2 N–H and O–H groups in total. The third-order valence-corrected chi connectivity index (χ3v) is 5.49. The fourth-order valence-corrected chi connectivity index (χ4v) is 4.11. The Balaban J connectivity index is 2.28. The van der Waals surface area contributed by atoms with Crippen LogP contribution in [0.3, 0.4) is 0 Å². The van der Waals surface area contributed by atoms with E-state index in [0.29, 0.717) is 12.3 Å². The predicted octanol–water partition coefficient (Wildman–Crippen LogP) is 1.93. The van der Waals surface area contributed by atoms with Crippen LogP contribution in [-0.2, 0) is 4.79 Å².